The van der Waals surface area contributed by atoms with Crippen LogP contribution in [0.2, 0.25) is 0 Å². The van der Waals surface area contributed by atoms with Crippen molar-refractivity contribution in [1.29, 1.82) is 0 Å². The summed E-state index contributed by atoms with van der Waals surface area (Å²) >= 11 is 1.80. The van der Waals surface area contributed by atoms with E-state index in [9.17, 15) is 4.79 Å². The van der Waals surface area contributed by atoms with Crippen LogP contribution >= 0.6 is 36.2 Å². The monoisotopic (exact) mass is 433 g/mol. The Morgan fingerprint density at radius 3 is 2.78 bits per heavy atom. The molecule has 3 rings (SSSR count). The van der Waals surface area contributed by atoms with E-state index in [0.29, 0.717) is 18.5 Å². The average Bonchev–Trinajstić information content (AvgIpc) is 3.26. The SMILES string of the molecule is CNC(C(=O)NCC1CCCN(C)C1c1cccs1)c1cnn(C)c1.Cl.Cl. The van der Waals surface area contributed by atoms with Crippen LogP contribution in [0, 0.1) is 5.92 Å². The molecule has 1 fully saturated rings. The second kappa shape index (κ2) is 11.0. The van der Waals surface area contributed by atoms with Gasteiger partial charge in [-0.05, 0) is 50.8 Å². The second-order valence-electron chi connectivity index (χ2n) is 6.76. The molecule has 6 nitrogen and oxygen atoms in total. The van der Waals surface area contributed by atoms with Crippen LogP contribution in [0.25, 0.3) is 0 Å². The number of amides is 1. The van der Waals surface area contributed by atoms with Crippen molar-refractivity contribution in [3.05, 3.63) is 40.3 Å². The molecule has 3 heterocycles. The number of hydrogen-bond acceptors (Lipinski definition) is 5. The highest BCUT2D eigenvalue weighted by molar-refractivity contribution is 7.10. The number of carbonyl (C=O) groups excluding carboxylic acids is 1. The van der Waals surface area contributed by atoms with E-state index in [4.69, 9.17) is 0 Å². The van der Waals surface area contributed by atoms with Gasteiger partial charge in [0.1, 0.15) is 6.04 Å². The first-order valence-electron chi connectivity index (χ1n) is 8.77. The van der Waals surface area contributed by atoms with Gasteiger partial charge in [-0.2, -0.15) is 5.10 Å². The Morgan fingerprint density at radius 2 is 2.19 bits per heavy atom. The highest BCUT2D eigenvalue weighted by atomic mass is 35.5. The fraction of sp³-hybridized carbons (Fsp3) is 0.556. The van der Waals surface area contributed by atoms with E-state index in [2.05, 4.69) is 45.2 Å². The van der Waals surface area contributed by atoms with Crippen molar-refractivity contribution in [2.45, 2.75) is 24.9 Å². The van der Waals surface area contributed by atoms with Crippen molar-refractivity contribution >= 4 is 42.1 Å². The van der Waals surface area contributed by atoms with Gasteiger partial charge < -0.3 is 10.6 Å². The lowest BCUT2D eigenvalue weighted by Gasteiger charge is -2.39. The number of thiophene rings is 1. The highest BCUT2D eigenvalue weighted by Crippen LogP contribution is 2.36. The van der Waals surface area contributed by atoms with E-state index >= 15 is 0 Å². The maximum atomic E-state index is 12.7. The molecule has 1 aliphatic heterocycles. The first-order chi connectivity index (χ1) is 12.1. The minimum absolute atomic E-state index is 0. The van der Waals surface area contributed by atoms with Crippen LogP contribution in [0.15, 0.2) is 29.9 Å². The van der Waals surface area contributed by atoms with Crippen LogP contribution < -0.4 is 10.6 Å². The molecule has 9 heteroatoms. The third kappa shape index (κ3) is 5.68. The molecule has 0 aliphatic carbocycles. The first kappa shape index (κ1) is 23.9. The summed E-state index contributed by atoms with van der Waals surface area (Å²) in [7, 11) is 5.85. The summed E-state index contributed by atoms with van der Waals surface area (Å²) in [5.41, 5.74) is 0.887. The predicted octanol–water partition coefficient (Wildman–Crippen LogP) is 2.79. The molecule has 27 heavy (non-hydrogen) atoms. The van der Waals surface area contributed by atoms with E-state index in [1.165, 1.54) is 11.3 Å². The molecule has 1 saturated heterocycles. The zero-order chi connectivity index (χ0) is 17.8. The second-order valence-corrected chi connectivity index (χ2v) is 7.74. The van der Waals surface area contributed by atoms with Crippen LogP contribution in [-0.2, 0) is 11.8 Å². The number of nitrogens with one attached hydrogen (secondary N) is 2. The summed E-state index contributed by atoms with van der Waals surface area (Å²) in [4.78, 5) is 16.5. The molecule has 2 aromatic rings. The summed E-state index contributed by atoms with van der Waals surface area (Å²) in [6, 6.07) is 4.34. The largest absolute Gasteiger partial charge is 0.354 e. The Morgan fingerprint density at radius 1 is 1.41 bits per heavy atom. The Hall–Kier alpha value is -1.12. The number of aryl methyl sites for hydroxylation is 1. The Balaban J connectivity index is 0.00000182. The van der Waals surface area contributed by atoms with Gasteiger partial charge in [0.05, 0.1) is 6.20 Å². The number of hydrogen-bond donors (Lipinski definition) is 2. The van der Waals surface area contributed by atoms with Gasteiger partial charge in [-0.1, -0.05) is 6.07 Å². The molecule has 0 saturated carbocycles. The standard InChI is InChI=1S/C18H27N5OS.2ClH/c1-19-16(14-11-21-23(3)12-14)18(24)20-10-13-6-4-8-22(2)17(13)15-7-5-9-25-15;;/h5,7,9,11-13,16-17,19H,4,6,8,10H2,1-3H3,(H,20,24);2*1H. The molecule has 0 aromatic carbocycles. The molecule has 3 atom stereocenters. The van der Waals surface area contributed by atoms with Crippen molar-refractivity contribution in [3.8, 4) is 0 Å². The summed E-state index contributed by atoms with van der Waals surface area (Å²) < 4.78 is 1.72. The van der Waals surface area contributed by atoms with Gasteiger partial charge in [-0.15, -0.1) is 36.2 Å². The van der Waals surface area contributed by atoms with Gasteiger partial charge >= 0.3 is 0 Å². The average molecular weight is 434 g/mol. The maximum Gasteiger partial charge on any atom is 0.241 e. The van der Waals surface area contributed by atoms with Crippen LogP contribution in [0.1, 0.15) is 35.4 Å². The fourth-order valence-corrected chi connectivity index (χ4v) is 4.74. The summed E-state index contributed by atoms with van der Waals surface area (Å²) in [5, 5.41) is 12.6. The van der Waals surface area contributed by atoms with Gasteiger partial charge in [0, 0.05) is 36.3 Å². The van der Waals surface area contributed by atoms with Gasteiger partial charge in [0.15, 0.2) is 0 Å². The number of aromatic nitrogens is 2. The minimum atomic E-state index is -0.366. The van der Waals surface area contributed by atoms with Crippen molar-refractivity contribution < 1.29 is 4.79 Å². The molecular formula is C18H29Cl2N5OS. The zero-order valence-electron chi connectivity index (χ0n) is 15.9. The van der Waals surface area contributed by atoms with E-state index in [1.54, 1.807) is 29.3 Å². The predicted molar refractivity (Wildman–Crippen MR) is 115 cm³/mol. The van der Waals surface area contributed by atoms with Crippen molar-refractivity contribution in [2.24, 2.45) is 13.0 Å². The summed E-state index contributed by atoms with van der Waals surface area (Å²) in [6.45, 7) is 1.81. The summed E-state index contributed by atoms with van der Waals surface area (Å²) in [5.74, 6) is 0.446. The molecule has 2 N–H and O–H groups in total. The van der Waals surface area contributed by atoms with Crippen LogP contribution in [0.5, 0.6) is 0 Å². The van der Waals surface area contributed by atoms with Gasteiger partial charge in [-0.25, -0.2) is 0 Å². The van der Waals surface area contributed by atoms with E-state index in [1.807, 2.05) is 13.2 Å². The highest BCUT2D eigenvalue weighted by Gasteiger charge is 2.32. The van der Waals surface area contributed by atoms with Crippen LogP contribution in [-0.4, -0.2) is 47.8 Å². The zero-order valence-corrected chi connectivity index (χ0v) is 18.4. The molecule has 0 radical (unpaired) electrons. The fourth-order valence-electron chi connectivity index (χ4n) is 3.75. The molecular weight excluding hydrogens is 405 g/mol. The smallest absolute Gasteiger partial charge is 0.241 e. The summed E-state index contributed by atoms with van der Waals surface area (Å²) in [6.07, 6.45) is 5.94. The molecule has 0 spiro atoms. The van der Waals surface area contributed by atoms with Crippen LogP contribution in [0.3, 0.4) is 0 Å². The Bertz CT molecular complexity index is 694. The quantitative estimate of drug-likeness (QED) is 0.734. The normalized spacial score (nSPS) is 21.0. The van der Waals surface area contributed by atoms with Gasteiger partial charge in [-0.3, -0.25) is 14.4 Å². The molecule has 1 amide bonds. The number of rotatable bonds is 6. The number of piperidine rings is 1. The number of nitrogens with zero attached hydrogens (tertiary/aromatic N) is 3. The lowest BCUT2D eigenvalue weighted by molar-refractivity contribution is -0.123. The van der Waals surface area contributed by atoms with E-state index in [0.717, 1.165) is 18.5 Å². The number of likely N-dealkylation sites (N-methyl/N-ethyl adjacent to an activating group) is 1. The van der Waals surface area contributed by atoms with E-state index < -0.39 is 0 Å². The lowest BCUT2D eigenvalue weighted by atomic mass is 9.88. The molecule has 152 valence electrons. The third-order valence-corrected chi connectivity index (χ3v) is 5.93. The first-order valence-corrected chi connectivity index (χ1v) is 9.65. The van der Waals surface area contributed by atoms with Crippen LogP contribution in [0.4, 0.5) is 0 Å². The Kier molecular flexibility index (Phi) is 9.76. The molecule has 0 bridgehead atoms. The Labute approximate surface area is 177 Å². The van der Waals surface area contributed by atoms with Crippen molar-refractivity contribution in [2.75, 3.05) is 27.2 Å². The molecule has 2 aromatic heterocycles. The molecule has 3 unspecified atom stereocenters. The number of halogens is 2. The van der Waals surface area contributed by atoms with Crippen molar-refractivity contribution in [3.63, 3.8) is 0 Å². The number of likely N-dealkylation sites (tertiary alicyclic amines) is 1. The maximum absolute atomic E-state index is 12.7. The van der Waals surface area contributed by atoms with E-state index in [-0.39, 0.29) is 36.8 Å². The third-order valence-electron chi connectivity index (χ3n) is 4.99. The minimum Gasteiger partial charge on any atom is -0.354 e. The lowest BCUT2D eigenvalue weighted by Crippen LogP contribution is -2.43. The topological polar surface area (TPSA) is 62.2 Å². The van der Waals surface area contributed by atoms with Gasteiger partial charge in [0.25, 0.3) is 0 Å². The number of carbonyl (C=O) groups is 1. The van der Waals surface area contributed by atoms with Gasteiger partial charge in [0.2, 0.25) is 5.91 Å². The molecule has 1 aliphatic rings. The van der Waals surface area contributed by atoms with Crippen molar-refractivity contribution in [1.82, 2.24) is 25.3 Å².